The maximum Gasteiger partial charge on any atom is 0.326 e. The number of carboxylic acids is 1. The van der Waals surface area contributed by atoms with E-state index in [1.807, 2.05) is 43.5 Å². The van der Waals surface area contributed by atoms with Crippen LogP contribution in [0.15, 0.2) is 59.8 Å². The highest BCUT2D eigenvalue weighted by molar-refractivity contribution is 7.99. The molecule has 6 heteroatoms. The molecule has 0 radical (unpaired) electrons. The van der Waals surface area contributed by atoms with Crippen LogP contribution in [0.5, 0.6) is 0 Å². The number of pyridine rings is 1. The van der Waals surface area contributed by atoms with Crippen LogP contribution in [-0.2, 0) is 16.1 Å². The highest BCUT2D eigenvalue weighted by atomic mass is 32.2. The Labute approximate surface area is 164 Å². The molecule has 142 valence electrons. The lowest BCUT2D eigenvalue weighted by Crippen LogP contribution is -2.43. The van der Waals surface area contributed by atoms with Gasteiger partial charge in [0, 0.05) is 35.9 Å². The second-order valence-electron chi connectivity index (χ2n) is 6.89. The van der Waals surface area contributed by atoms with Gasteiger partial charge in [0.15, 0.2) is 12.7 Å². The highest BCUT2D eigenvalue weighted by Crippen LogP contribution is 2.23. The van der Waals surface area contributed by atoms with Crippen molar-refractivity contribution in [3.8, 4) is 0 Å². The Bertz CT molecular complexity index is 797. The Morgan fingerprint density at radius 2 is 1.96 bits per heavy atom. The summed E-state index contributed by atoms with van der Waals surface area (Å²) in [5, 5.41) is 10.4. The zero-order valence-electron chi connectivity index (χ0n) is 15.5. The molecule has 2 heterocycles. The third kappa shape index (κ3) is 4.89. The number of likely N-dealkylation sites (tertiary alicyclic amines) is 1. The molecular formula is C21H25N2O3S+. The van der Waals surface area contributed by atoms with Gasteiger partial charge >= 0.3 is 5.97 Å². The first-order valence-electron chi connectivity index (χ1n) is 9.24. The lowest BCUT2D eigenvalue weighted by molar-refractivity contribution is -0.724. The summed E-state index contributed by atoms with van der Waals surface area (Å²) in [6, 6.07) is 15.7. The summed E-state index contributed by atoms with van der Waals surface area (Å²) < 4.78 is 2.17. The van der Waals surface area contributed by atoms with E-state index in [0.717, 1.165) is 18.0 Å². The SMILES string of the molecule is CC(CSc1cccc[n+]1Cc1ccccc1)C(=O)N1CCC[C@H]1C(=O)O. The highest BCUT2D eigenvalue weighted by Gasteiger charge is 2.35. The number of aliphatic carboxylic acids is 1. The summed E-state index contributed by atoms with van der Waals surface area (Å²) in [7, 11) is 0. The third-order valence-corrected chi connectivity index (χ3v) is 6.15. The minimum absolute atomic E-state index is 0.0575. The van der Waals surface area contributed by atoms with Crippen molar-refractivity contribution >= 4 is 23.6 Å². The molecule has 1 aromatic carbocycles. The lowest BCUT2D eigenvalue weighted by atomic mass is 10.1. The van der Waals surface area contributed by atoms with E-state index < -0.39 is 12.0 Å². The van der Waals surface area contributed by atoms with Crippen molar-refractivity contribution in [1.29, 1.82) is 0 Å². The molecule has 1 amide bonds. The fourth-order valence-corrected chi connectivity index (χ4v) is 4.38. The summed E-state index contributed by atoms with van der Waals surface area (Å²) in [5.41, 5.74) is 1.22. The maximum absolute atomic E-state index is 12.7. The second-order valence-corrected chi connectivity index (χ2v) is 7.93. The van der Waals surface area contributed by atoms with Crippen LogP contribution in [0.2, 0.25) is 0 Å². The van der Waals surface area contributed by atoms with E-state index in [0.29, 0.717) is 18.7 Å². The molecule has 0 aliphatic carbocycles. The molecule has 5 nitrogen and oxygen atoms in total. The van der Waals surface area contributed by atoms with Crippen molar-refractivity contribution in [2.45, 2.75) is 37.4 Å². The van der Waals surface area contributed by atoms with Gasteiger partial charge in [0.1, 0.15) is 6.04 Å². The average molecular weight is 386 g/mol. The van der Waals surface area contributed by atoms with Gasteiger partial charge in [0.25, 0.3) is 0 Å². The van der Waals surface area contributed by atoms with Crippen LogP contribution in [0.4, 0.5) is 0 Å². The second kappa shape index (κ2) is 9.04. The number of hydrogen-bond donors (Lipinski definition) is 1. The van der Waals surface area contributed by atoms with E-state index >= 15 is 0 Å². The summed E-state index contributed by atoms with van der Waals surface area (Å²) >= 11 is 1.64. The fraction of sp³-hybridized carbons (Fsp3) is 0.381. The summed E-state index contributed by atoms with van der Waals surface area (Å²) in [4.78, 5) is 25.6. The molecule has 3 rings (SSSR count). The van der Waals surface area contributed by atoms with Crippen molar-refractivity contribution in [1.82, 2.24) is 4.90 Å². The molecule has 27 heavy (non-hydrogen) atoms. The molecule has 0 bridgehead atoms. The van der Waals surface area contributed by atoms with E-state index in [1.54, 1.807) is 11.8 Å². The average Bonchev–Trinajstić information content (AvgIpc) is 3.17. The fourth-order valence-electron chi connectivity index (χ4n) is 3.35. The molecule has 1 N–H and O–H groups in total. The molecule has 1 aliphatic rings. The van der Waals surface area contributed by atoms with Gasteiger partial charge in [-0.1, -0.05) is 49.0 Å². The van der Waals surface area contributed by atoms with Crippen molar-refractivity contribution in [2.75, 3.05) is 12.3 Å². The lowest BCUT2D eigenvalue weighted by Gasteiger charge is -2.24. The number of thioether (sulfide) groups is 1. The van der Waals surface area contributed by atoms with Gasteiger partial charge in [0.2, 0.25) is 10.9 Å². The van der Waals surface area contributed by atoms with Gasteiger partial charge in [-0.2, -0.15) is 4.57 Å². The van der Waals surface area contributed by atoms with E-state index in [1.165, 1.54) is 10.5 Å². The zero-order chi connectivity index (χ0) is 19.2. The Balaban J connectivity index is 1.63. The van der Waals surface area contributed by atoms with Crippen LogP contribution in [-0.4, -0.2) is 40.2 Å². The molecule has 0 spiro atoms. The smallest absolute Gasteiger partial charge is 0.326 e. The van der Waals surface area contributed by atoms with Crippen molar-refractivity contribution < 1.29 is 19.3 Å². The molecule has 2 aromatic rings. The van der Waals surface area contributed by atoms with Crippen molar-refractivity contribution in [3.05, 3.63) is 60.3 Å². The predicted octanol–water partition coefficient (Wildman–Crippen LogP) is 2.83. The van der Waals surface area contributed by atoms with Gasteiger partial charge in [-0.3, -0.25) is 4.79 Å². The quantitative estimate of drug-likeness (QED) is 0.588. The van der Waals surface area contributed by atoms with E-state index in [4.69, 9.17) is 0 Å². The topological polar surface area (TPSA) is 61.5 Å². The zero-order valence-corrected chi connectivity index (χ0v) is 16.3. The molecule has 2 atom stereocenters. The summed E-state index contributed by atoms with van der Waals surface area (Å²) in [5.74, 6) is -0.553. The predicted molar refractivity (Wildman–Crippen MR) is 104 cm³/mol. The first-order valence-corrected chi connectivity index (χ1v) is 10.2. The number of carboxylic acid groups (broad SMARTS) is 1. The first kappa shape index (κ1) is 19.4. The molecule has 1 saturated heterocycles. The number of benzene rings is 1. The van der Waals surface area contributed by atoms with E-state index in [2.05, 4.69) is 22.8 Å². The van der Waals surface area contributed by atoms with E-state index in [-0.39, 0.29) is 11.8 Å². The van der Waals surface area contributed by atoms with Crippen LogP contribution in [0.3, 0.4) is 0 Å². The molecular weight excluding hydrogens is 360 g/mol. The van der Waals surface area contributed by atoms with Crippen LogP contribution < -0.4 is 4.57 Å². The maximum atomic E-state index is 12.7. The first-order chi connectivity index (χ1) is 13.1. The number of aromatic nitrogens is 1. The normalized spacial score (nSPS) is 17.7. The van der Waals surface area contributed by atoms with Gasteiger partial charge in [-0.05, 0) is 18.9 Å². The largest absolute Gasteiger partial charge is 0.480 e. The van der Waals surface area contributed by atoms with E-state index in [9.17, 15) is 14.7 Å². The van der Waals surface area contributed by atoms with Gasteiger partial charge in [-0.25, -0.2) is 4.79 Å². The number of nitrogens with zero attached hydrogens (tertiary/aromatic N) is 2. The molecule has 1 aliphatic heterocycles. The van der Waals surface area contributed by atoms with Gasteiger partial charge in [0.05, 0.1) is 0 Å². The van der Waals surface area contributed by atoms with Crippen molar-refractivity contribution in [2.24, 2.45) is 5.92 Å². The minimum atomic E-state index is -0.899. The molecule has 1 aromatic heterocycles. The van der Waals surface area contributed by atoms with Crippen molar-refractivity contribution in [3.63, 3.8) is 0 Å². The number of amides is 1. The summed E-state index contributed by atoms with van der Waals surface area (Å²) in [6.45, 7) is 3.21. The third-order valence-electron chi connectivity index (χ3n) is 4.82. The number of carbonyl (C=O) groups excluding carboxylic acids is 1. The number of carbonyl (C=O) groups is 2. The Morgan fingerprint density at radius 1 is 1.22 bits per heavy atom. The van der Waals surface area contributed by atoms with Gasteiger partial charge < -0.3 is 10.0 Å². The number of hydrogen-bond acceptors (Lipinski definition) is 3. The van der Waals surface area contributed by atoms with Crippen LogP contribution in [0.25, 0.3) is 0 Å². The molecule has 1 fully saturated rings. The van der Waals surface area contributed by atoms with Gasteiger partial charge in [-0.15, -0.1) is 0 Å². The number of rotatable bonds is 7. The minimum Gasteiger partial charge on any atom is -0.480 e. The molecule has 0 saturated carbocycles. The standard InChI is InChI=1S/C21H24N2O3S/c1-16(20(24)23-13-7-10-18(23)21(25)26)15-27-19-11-5-6-12-22(19)14-17-8-3-2-4-9-17/h2-6,8-9,11-12,16,18H,7,10,13-15H2,1H3/p+1/t16?,18-/m0/s1. The Hall–Kier alpha value is -2.34. The Morgan fingerprint density at radius 3 is 2.70 bits per heavy atom. The Kier molecular flexibility index (Phi) is 6.50. The monoisotopic (exact) mass is 385 g/mol. The summed E-state index contributed by atoms with van der Waals surface area (Å²) in [6.07, 6.45) is 3.36. The van der Waals surface area contributed by atoms with Crippen LogP contribution in [0.1, 0.15) is 25.3 Å². The van der Waals surface area contributed by atoms with Crippen LogP contribution in [0, 0.1) is 5.92 Å². The van der Waals surface area contributed by atoms with Crippen LogP contribution >= 0.6 is 11.8 Å². The molecule has 1 unspecified atom stereocenters.